The van der Waals surface area contributed by atoms with E-state index in [9.17, 15) is 0 Å². The molecule has 1 N–H and O–H groups in total. The van der Waals surface area contributed by atoms with Crippen LogP contribution in [0.3, 0.4) is 0 Å². The van der Waals surface area contributed by atoms with E-state index in [4.69, 9.17) is 9.47 Å². The Labute approximate surface area is 123 Å². The standard InChI is InChI=1S/C17H29NO2/c1-5-12-18-14(4)8-9-15-10-11-16(19-6-2)17(13-15)20-7-3/h10-11,13-14,18H,5-9,12H2,1-4H3. The largest absolute Gasteiger partial charge is 0.490 e. The van der Waals surface area contributed by atoms with Gasteiger partial charge in [-0.25, -0.2) is 0 Å². The molecule has 3 heteroatoms. The van der Waals surface area contributed by atoms with E-state index in [0.29, 0.717) is 19.3 Å². The fraction of sp³-hybridized carbons (Fsp3) is 0.647. The number of hydrogen-bond acceptors (Lipinski definition) is 3. The van der Waals surface area contributed by atoms with E-state index in [-0.39, 0.29) is 0 Å². The first-order chi connectivity index (χ1) is 9.71. The Bertz CT molecular complexity index is 379. The minimum atomic E-state index is 0.553. The molecule has 0 bridgehead atoms. The van der Waals surface area contributed by atoms with Crippen molar-refractivity contribution in [3.8, 4) is 11.5 Å². The van der Waals surface area contributed by atoms with Gasteiger partial charge in [0, 0.05) is 6.04 Å². The Morgan fingerprint density at radius 2 is 1.75 bits per heavy atom. The Kier molecular flexibility index (Phi) is 8.12. The first-order valence-electron chi connectivity index (χ1n) is 7.83. The van der Waals surface area contributed by atoms with Crippen LogP contribution in [0.15, 0.2) is 18.2 Å². The van der Waals surface area contributed by atoms with E-state index in [2.05, 4.69) is 31.3 Å². The van der Waals surface area contributed by atoms with Gasteiger partial charge < -0.3 is 14.8 Å². The van der Waals surface area contributed by atoms with Crippen LogP contribution in [0.1, 0.15) is 46.1 Å². The fourth-order valence-corrected chi connectivity index (χ4v) is 2.13. The van der Waals surface area contributed by atoms with Crippen molar-refractivity contribution in [2.45, 2.75) is 53.0 Å². The number of nitrogens with one attached hydrogen (secondary N) is 1. The predicted octanol–water partition coefficient (Wildman–Crippen LogP) is 3.80. The van der Waals surface area contributed by atoms with Crippen LogP contribution in [0.25, 0.3) is 0 Å². The molecule has 0 fully saturated rings. The average molecular weight is 279 g/mol. The second-order valence-electron chi connectivity index (χ2n) is 5.04. The van der Waals surface area contributed by atoms with Gasteiger partial charge >= 0.3 is 0 Å². The molecular formula is C17H29NO2. The SMILES string of the molecule is CCCNC(C)CCc1ccc(OCC)c(OCC)c1. The normalized spacial score (nSPS) is 12.2. The van der Waals surface area contributed by atoms with Crippen molar-refractivity contribution in [3.05, 3.63) is 23.8 Å². The molecule has 0 aliphatic carbocycles. The molecule has 1 aromatic carbocycles. The third kappa shape index (κ3) is 5.83. The molecule has 1 rings (SSSR count). The summed E-state index contributed by atoms with van der Waals surface area (Å²) in [5.41, 5.74) is 1.31. The summed E-state index contributed by atoms with van der Waals surface area (Å²) in [6.07, 6.45) is 3.38. The van der Waals surface area contributed by atoms with Crippen molar-refractivity contribution in [3.63, 3.8) is 0 Å². The Balaban J connectivity index is 2.59. The van der Waals surface area contributed by atoms with Crippen molar-refractivity contribution in [1.29, 1.82) is 0 Å². The van der Waals surface area contributed by atoms with Crippen LogP contribution in [0.4, 0.5) is 0 Å². The summed E-state index contributed by atoms with van der Waals surface area (Å²) < 4.78 is 11.2. The van der Waals surface area contributed by atoms with Crippen LogP contribution in [0, 0.1) is 0 Å². The molecular weight excluding hydrogens is 250 g/mol. The van der Waals surface area contributed by atoms with Crippen LogP contribution in [-0.2, 0) is 6.42 Å². The van der Waals surface area contributed by atoms with E-state index in [1.807, 2.05) is 19.9 Å². The summed E-state index contributed by atoms with van der Waals surface area (Å²) in [6, 6.07) is 6.83. The highest BCUT2D eigenvalue weighted by Crippen LogP contribution is 2.29. The highest BCUT2D eigenvalue weighted by atomic mass is 16.5. The number of rotatable bonds is 10. The lowest BCUT2D eigenvalue weighted by atomic mass is 10.1. The van der Waals surface area contributed by atoms with Gasteiger partial charge in [-0.1, -0.05) is 13.0 Å². The summed E-state index contributed by atoms with van der Waals surface area (Å²) in [7, 11) is 0. The summed E-state index contributed by atoms with van der Waals surface area (Å²) >= 11 is 0. The maximum atomic E-state index is 5.66. The zero-order valence-electron chi connectivity index (χ0n) is 13.4. The summed E-state index contributed by atoms with van der Waals surface area (Å²) in [5.74, 6) is 1.70. The Morgan fingerprint density at radius 1 is 1.05 bits per heavy atom. The molecule has 1 atom stereocenters. The van der Waals surface area contributed by atoms with Crippen molar-refractivity contribution >= 4 is 0 Å². The molecule has 0 aliphatic rings. The van der Waals surface area contributed by atoms with E-state index in [1.54, 1.807) is 0 Å². The molecule has 0 aliphatic heterocycles. The molecule has 0 spiro atoms. The second-order valence-corrected chi connectivity index (χ2v) is 5.04. The minimum absolute atomic E-state index is 0.553. The lowest BCUT2D eigenvalue weighted by Crippen LogP contribution is -2.27. The van der Waals surface area contributed by atoms with Crippen molar-refractivity contribution in [1.82, 2.24) is 5.32 Å². The third-order valence-electron chi connectivity index (χ3n) is 3.22. The smallest absolute Gasteiger partial charge is 0.161 e. The average Bonchev–Trinajstić information content (AvgIpc) is 2.45. The van der Waals surface area contributed by atoms with Gasteiger partial charge in [0.2, 0.25) is 0 Å². The number of ether oxygens (including phenoxy) is 2. The zero-order valence-corrected chi connectivity index (χ0v) is 13.4. The Morgan fingerprint density at radius 3 is 2.40 bits per heavy atom. The van der Waals surface area contributed by atoms with Gasteiger partial charge in [0.1, 0.15) is 0 Å². The molecule has 0 aromatic heterocycles. The summed E-state index contributed by atoms with van der Waals surface area (Å²) in [4.78, 5) is 0. The quantitative estimate of drug-likeness (QED) is 0.706. The number of hydrogen-bond donors (Lipinski definition) is 1. The van der Waals surface area contributed by atoms with Crippen LogP contribution < -0.4 is 14.8 Å². The van der Waals surface area contributed by atoms with E-state index in [0.717, 1.165) is 30.9 Å². The summed E-state index contributed by atoms with van der Waals surface area (Å²) in [6.45, 7) is 10.8. The van der Waals surface area contributed by atoms with E-state index in [1.165, 1.54) is 12.0 Å². The van der Waals surface area contributed by atoms with Gasteiger partial charge in [-0.15, -0.1) is 0 Å². The predicted molar refractivity (Wildman–Crippen MR) is 84.9 cm³/mol. The van der Waals surface area contributed by atoms with Gasteiger partial charge in [0.25, 0.3) is 0 Å². The highest BCUT2D eigenvalue weighted by molar-refractivity contribution is 5.43. The van der Waals surface area contributed by atoms with Crippen LogP contribution >= 0.6 is 0 Å². The van der Waals surface area contributed by atoms with Crippen molar-refractivity contribution in [2.75, 3.05) is 19.8 Å². The van der Waals surface area contributed by atoms with Crippen LogP contribution in [0.2, 0.25) is 0 Å². The Hall–Kier alpha value is -1.22. The monoisotopic (exact) mass is 279 g/mol. The first kappa shape index (κ1) is 16.8. The first-order valence-corrected chi connectivity index (χ1v) is 7.83. The fourth-order valence-electron chi connectivity index (χ4n) is 2.13. The molecule has 0 saturated carbocycles. The van der Waals surface area contributed by atoms with E-state index >= 15 is 0 Å². The zero-order chi connectivity index (χ0) is 14.8. The van der Waals surface area contributed by atoms with Gasteiger partial charge in [-0.2, -0.15) is 0 Å². The van der Waals surface area contributed by atoms with Gasteiger partial charge in [-0.05, 0) is 64.3 Å². The molecule has 0 saturated heterocycles. The van der Waals surface area contributed by atoms with Crippen LogP contribution in [0.5, 0.6) is 11.5 Å². The van der Waals surface area contributed by atoms with Gasteiger partial charge in [-0.3, -0.25) is 0 Å². The van der Waals surface area contributed by atoms with Gasteiger partial charge in [0.15, 0.2) is 11.5 Å². The summed E-state index contributed by atoms with van der Waals surface area (Å²) in [5, 5.41) is 3.52. The van der Waals surface area contributed by atoms with Crippen molar-refractivity contribution in [2.24, 2.45) is 0 Å². The molecule has 114 valence electrons. The topological polar surface area (TPSA) is 30.5 Å². The molecule has 20 heavy (non-hydrogen) atoms. The lowest BCUT2D eigenvalue weighted by Gasteiger charge is -2.15. The van der Waals surface area contributed by atoms with Crippen molar-refractivity contribution < 1.29 is 9.47 Å². The maximum absolute atomic E-state index is 5.66. The molecule has 0 radical (unpaired) electrons. The maximum Gasteiger partial charge on any atom is 0.161 e. The molecule has 3 nitrogen and oxygen atoms in total. The van der Waals surface area contributed by atoms with Gasteiger partial charge in [0.05, 0.1) is 13.2 Å². The molecule has 0 heterocycles. The molecule has 0 amide bonds. The minimum Gasteiger partial charge on any atom is -0.490 e. The highest BCUT2D eigenvalue weighted by Gasteiger charge is 2.07. The molecule has 1 unspecified atom stereocenters. The molecule has 1 aromatic rings. The lowest BCUT2D eigenvalue weighted by molar-refractivity contribution is 0.287. The van der Waals surface area contributed by atoms with Crippen LogP contribution in [-0.4, -0.2) is 25.8 Å². The second kappa shape index (κ2) is 9.65. The third-order valence-corrected chi connectivity index (χ3v) is 3.22. The number of benzene rings is 1. The number of aryl methyl sites for hydroxylation is 1. The van der Waals surface area contributed by atoms with E-state index < -0.39 is 0 Å².